The van der Waals surface area contributed by atoms with Crippen molar-refractivity contribution < 1.29 is 4.39 Å². The number of benzene rings is 1. The van der Waals surface area contributed by atoms with Crippen molar-refractivity contribution >= 4 is 0 Å². The highest BCUT2D eigenvalue weighted by molar-refractivity contribution is 5.32. The zero-order valence-corrected chi connectivity index (χ0v) is 10.2. The summed E-state index contributed by atoms with van der Waals surface area (Å²) in [6.45, 7) is 2.02. The third-order valence-corrected chi connectivity index (χ3v) is 3.08. The van der Waals surface area contributed by atoms with Gasteiger partial charge in [0, 0.05) is 18.3 Å². The first kappa shape index (κ1) is 11.8. The Bertz CT molecular complexity index is 502. The van der Waals surface area contributed by atoms with Gasteiger partial charge in [0.25, 0.3) is 0 Å². The van der Waals surface area contributed by atoms with Crippen LogP contribution < -0.4 is 5.32 Å². The largest absolute Gasteiger partial charge is 0.309 e. The summed E-state index contributed by atoms with van der Waals surface area (Å²) in [5.41, 5.74) is 3.25. The fourth-order valence-corrected chi connectivity index (χ4v) is 1.96. The average Bonchev–Trinajstić information content (AvgIpc) is 2.65. The Balaban J connectivity index is 2.40. The molecule has 0 aliphatic rings. The minimum Gasteiger partial charge on any atom is -0.309 e. The first-order valence-corrected chi connectivity index (χ1v) is 5.54. The number of halogens is 1. The number of nitrogens with zero attached hydrogens (tertiary/aromatic N) is 2. The van der Waals surface area contributed by atoms with Crippen LogP contribution in [0, 0.1) is 12.7 Å². The molecule has 1 atom stereocenters. The van der Waals surface area contributed by atoms with Crippen molar-refractivity contribution in [2.45, 2.75) is 13.0 Å². The van der Waals surface area contributed by atoms with Crippen molar-refractivity contribution in [1.29, 1.82) is 0 Å². The van der Waals surface area contributed by atoms with Gasteiger partial charge >= 0.3 is 0 Å². The van der Waals surface area contributed by atoms with Crippen LogP contribution in [-0.4, -0.2) is 16.8 Å². The van der Waals surface area contributed by atoms with E-state index in [0.29, 0.717) is 0 Å². The first-order valence-electron chi connectivity index (χ1n) is 5.54. The molecule has 17 heavy (non-hydrogen) atoms. The van der Waals surface area contributed by atoms with E-state index in [4.69, 9.17) is 0 Å². The average molecular weight is 233 g/mol. The van der Waals surface area contributed by atoms with E-state index in [1.54, 1.807) is 12.1 Å². The van der Waals surface area contributed by atoms with Crippen molar-refractivity contribution in [2.24, 2.45) is 7.05 Å². The maximum Gasteiger partial charge on any atom is 0.123 e. The van der Waals surface area contributed by atoms with Crippen molar-refractivity contribution in [3.63, 3.8) is 0 Å². The van der Waals surface area contributed by atoms with Gasteiger partial charge in [-0.05, 0) is 31.7 Å². The number of aryl methyl sites for hydroxylation is 1. The molecule has 0 aliphatic heterocycles. The van der Waals surface area contributed by atoms with Crippen LogP contribution in [0.1, 0.15) is 22.9 Å². The molecular weight excluding hydrogens is 217 g/mol. The number of hydrogen-bond acceptors (Lipinski definition) is 2. The molecule has 1 heterocycles. The predicted octanol–water partition coefficient (Wildman–Crippen LogP) is 2.18. The Labute approximate surface area is 100 Å². The normalized spacial score (nSPS) is 12.7. The van der Waals surface area contributed by atoms with Gasteiger partial charge in [0.1, 0.15) is 5.82 Å². The Kier molecular flexibility index (Phi) is 3.24. The van der Waals surface area contributed by atoms with Crippen LogP contribution in [0.15, 0.2) is 30.5 Å². The summed E-state index contributed by atoms with van der Waals surface area (Å²) in [6.07, 6.45) is 1.85. The highest BCUT2D eigenvalue weighted by Crippen LogP contribution is 2.24. The number of hydrogen-bond donors (Lipinski definition) is 1. The monoisotopic (exact) mass is 233 g/mol. The second kappa shape index (κ2) is 4.67. The first-order chi connectivity index (χ1) is 8.13. The van der Waals surface area contributed by atoms with Crippen LogP contribution in [0.25, 0.3) is 0 Å². The molecule has 1 aromatic heterocycles. The van der Waals surface area contributed by atoms with E-state index in [1.165, 1.54) is 12.1 Å². The molecule has 2 rings (SSSR count). The SMILES string of the molecule is CNC(c1ccc(F)cc1)c1cnn(C)c1C. The van der Waals surface area contributed by atoms with E-state index in [-0.39, 0.29) is 11.9 Å². The minimum atomic E-state index is -0.216. The molecule has 0 radical (unpaired) electrons. The van der Waals surface area contributed by atoms with E-state index < -0.39 is 0 Å². The van der Waals surface area contributed by atoms with Gasteiger partial charge in [-0.3, -0.25) is 4.68 Å². The number of rotatable bonds is 3. The van der Waals surface area contributed by atoms with Gasteiger partial charge in [-0.25, -0.2) is 4.39 Å². The molecule has 0 amide bonds. The Hall–Kier alpha value is -1.68. The zero-order chi connectivity index (χ0) is 12.4. The van der Waals surface area contributed by atoms with E-state index in [9.17, 15) is 4.39 Å². The van der Waals surface area contributed by atoms with Crippen LogP contribution in [0.3, 0.4) is 0 Å². The molecule has 1 aromatic carbocycles. The molecule has 1 N–H and O–H groups in total. The van der Waals surface area contributed by atoms with Crippen molar-refractivity contribution in [3.8, 4) is 0 Å². The lowest BCUT2D eigenvalue weighted by Crippen LogP contribution is -2.18. The van der Waals surface area contributed by atoms with Crippen LogP contribution >= 0.6 is 0 Å². The number of aromatic nitrogens is 2. The van der Waals surface area contributed by atoms with Crippen LogP contribution in [-0.2, 0) is 7.05 Å². The Morgan fingerprint density at radius 2 is 1.94 bits per heavy atom. The molecule has 2 aromatic rings. The maximum absolute atomic E-state index is 12.9. The summed E-state index contributed by atoms with van der Waals surface area (Å²) in [7, 11) is 3.80. The molecule has 0 aliphatic carbocycles. The summed E-state index contributed by atoms with van der Waals surface area (Å²) in [5, 5.41) is 7.46. The standard InChI is InChI=1S/C13H16FN3/c1-9-12(8-16-17(9)3)13(15-2)10-4-6-11(14)7-5-10/h4-8,13,15H,1-3H3. The summed E-state index contributed by atoms with van der Waals surface area (Å²) >= 11 is 0. The van der Waals surface area contributed by atoms with Gasteiger partial charge in [-0.15, -0.1) is 0 Å². The highest BCUT2D eigenvalue weighted by atomic mass is 19.1. The Morgan fingerprint density at radius 3 is 2.41 bits per heavy atom. The summed E-state index contributed by atoms with van der Waals surface area (Å²) in [4.78, 5) is 0. The fourth-order valence-electron chi connectivity index (χ4n) is 1.96. The maximum atomic E-state index is 12.9. The van der Waals surface area contributed by atoms with Gasteiger partial charge in [0.15, 0.2) is 0 Å². The smallest absolute Gasteiger partial charge is 0.123 e. The van der Waals surface area contributed by atoms with Crippen LogP contribution in [0.4, 0.5) is 4.39 Å². The molecule has 0 saturated heterocycles. The van der Waals surface area contributed by atoms with Crippen molar-refractivity contribution in [3.05, 3.63) is 53.1 Å². The minimum absolute atomic E-state index is 0.0456. The second-order valence-electron chi connectivity index (χ2n) is 4.08. The third-order valence-electron chi connectivity index (χ3n) is 3.08. The van der Waals surface area contributed by atoms with Crippen molar-refractivity contribution in [1.82, 2.24) is 15.1 Å². The summed E-state index contributed by atoms with van der Waals surface area (Å²) in [5.74, 6) is -0.216. The lowest BCUT2D eigenvalue weighted by atomic mass is 9.99. The van der Waals surface area contributed by atoms with Crippen LogP contribution in [0.2, 0.25) is 0 Å². The quantitative estimate of drug-likeness (QED) is 0.880. The fraction of sp³-hybridized carbons (Fsp3) is 0.308. The van der Waals surface area contributed by atoms with E-state index in [1.807, 2.05) is 31.9 Å². The molecule has 1 unspecified atom stereocenters. The molecule has 0 spiro atoms. The molecule has 0 bridgehead atoms. The number of nitrogens with one attached hydrogen (secondary N) is 1. The van der Waals surface area contributed by atoms with Crippen LogP contribution in [0.5, 0.6) is 0 Å². The summed E-state index contributed by atoms with van der Waals surface area (Å²) in [6, 6.07) is 6.59. The molecule has 90 valence electrons. The van der Waals surface area contributed by atoms with Gasteiger partial charge in [0.05, 0.1) is 12.2 Å². The van der Waals surface area contributed by atoms with E-state index >= 15 is 0 Å². The third kappa shape index (κ3) is 2.22. The van der Waals surface area contributed by atoms with E-state index in [2.05, 4.69) is 10.4 Å². The predicted molar refractivity (Wildman–Crippen MR) is 65.2 cm³/mol. The second-order valence-corrected chi connectivity index (χ2v) is 4.08. The highest BCUT2D eigenvalue weighted by Gasteiger charge is 2.16. The van der Waals surface area contributed by atoms with Gasteiger partial charge in [0.2, 0.25) is 0 Å². The molecule has 3 nitrogen and oxygen atoms in total. The van der Waals surface area contributed by atoms with Crippen molar-refractivity contribution in [2.75, 3.05) is 7.05 Å². The lowest BCUT2D eigenvalue weighted by Gasteiger charge is -2.16. The lowest BCUT2D eigenvalue weighted by molar-refractivity contribution is 0.623. The topological polar surface area (TPSA) is 29.9 Å². The summed E-state index contributed by atoms with van der Waals surface area (Å²) < 4.78 is 14.7. The van der Waals surface area contributed by atoms with E-state index in [0.717, 1.165) is 16.8 Å². The molecular formula is C13H16FN3. The molecule has 0 saturated carbocycles. The van der Waals surface area contributed by atoms with Gasteiger partial charge < -0.3 is 5.32 Å². The van der Waals surface area contributed by atoms with Gasteiger partial charge in [-0.2, -0.15) is 5.10 Å². The zero-order valence-electron chi connectivity index (χ0n) is 10.2. The molecule has 4 heteroatoms. The Morgan fingerprint density at radius 1 is 1.29 bits per heavy atom. The van der Waals surface area contributed by atoms with Gasteiger partial charge in [-0.1, -0.05) is 12.1 Å². The molecule has 0 fully saturated rings.